The van der Waals surface area contributed by atoms with Crippen LogP contribution in [-0.4, -0.2) is 0 Å². The van der Waals surface area contributed by atoms with Gasteiger partial charge in [-0.1, -0.05) is 40.2 Å². The van der Waals surface area contributed by atoms with Crippen molar-refractivity contribution < 1.29 is 4.42 Å². The molecule has 1 N–H and O–H groups in total. The largest absolute Gasteiger partial charge is 0.459 e. The molecule has 2 aromatic carbocycles. The molecule has 0 saturated heterocycles. The molecule has 1 atom stereocenters. The molecule has 1 unspecified atom stereocenters. The fourth-order valence-corrected chi connectivity index (χ4v) is 2.98. The second-order valence-electron chi connectivity index (χ2n) is 5.42. The average Bonchev–Trinajstić information content (AvgIpc) is 2.81. The van der Waals surface area contributed by atoms with Gasteiger partial charge in [-0.25, -0.2) is 0 Å². The van der Waals surface area contributed by atoms with Crippen molar-refractivity contribution in [1.29, 1.82) is 0 Å². The zero-order valence-corrected chi connectivity index (χ0v) is 14.0. The second-order valence-corrected chi connectivity index (χ2v) is 6.27. The lowest BCUT2D eigenvalue weighted by Crippen LogP contribution is -2.06. The number of aryl methyl sites for hydroxylation is 2. The summed E-state index contributed by atoms with van der Waals surface area (Å²) in [5.41, 5.74) is 4.47. The van der Waals surface area contributed by atoms with Crippen LogP contribution in [0.25, 0.3) is 11.0 Å². The monoisotopic (exact) mass is 343 g/mol. The Balaban J connectivity index is 1.91. The Bertz CT molecular complexity index is 791. The van der Waals surface area contributed by atoms with Gasteiger partial charge in [0.05, 0.1) is 6.04 Å². The van der Waals surface area contributed by atoms with E-state index in [9.17, 15) is 0 Å². The summed E-state index contributed by atoms with van der Waals surface area (Å²) in [6, 6.07) is 14.6. The molecule has 3 rings (SSSR count). The van der Waals surface area contributed by atoms with Crippen LogP contribution in [0, 0.1) is 13.8 Å². The van der Waals surface area contributed by atoms with Gasteiger partial charge in [0.2, 0.25) is 0 Å². The van der Waals surface area contributed by atoms with Crippen LogP contribution in [-0.2, 0) is 0 Å². The average molecular weight is 344 g/mol. The minimum atomic E-state index is 0.118. The first-order valence-electron chi connectivity index (χ1n) is 7.07. The van der Waals surface area contributed by atoms with E-state index in [-0.39, 0.29) is 6.04 Å². The Labute approximate surface area is 133 Å². The minimum absolute atomic E-state index is 0.118. The number of para-hydroxylation sites is 1. The van der Waals surface area contributed by atoms with Gasteiger partial charge < -0.3 is 9.73 Å². The van der Waals surface area contributed by atoms with Crippen LogP contribution in [0.5, 0.6) is 0 Å². The number of fused-ring (bicyclic) bond motifs is 1. The molecule has 21 heavy (non-hydrogen) atoms. The highest BCUT2D eigenvalue weighted by Crippen LogP contribution is 2.31. The number of halogens is 1. The van der Waals surface area contributed by atoms with Gasteiger partial charge >= 0.3 is 0 Å². The lowest BCUT2D eigenvalue weighted by Gasteiger charge is -2.14. The molecule has 3 aromatic rings. The minimum Gasteiger partial charge on any atom is -0.459 e. The first-order valence-corrected chi connectivity index (χ1v) is 7.86. The molecule has 0 aliphatic rings. The van der Waals surface area contributed by atoms with Gasteiger partial charge in [0.1, 0.15) is 11.3 Å². The quantitative estimate of drug-likeness (QED) is 0.632. The third-order valence-corrected chi connectivity index (χ3v) is 4.68. The SMILES string of the molecule is Cc1ccc(NC(C)c2oc3ccccc3c2C)cc1Br. The predicted octanol–water partition coefficient (Wildman–Crippen LogP) is 5.99. The van der Waals surface area contributed by atoms with E-state index in [0.717, 1.165) is 21.5 Å². The third kappa shape index (κ3) is 2.70. The zero-order valence-electron chi connectivity index (χ0n) is 12.4. The number of rotatable bonds is 3. The number of hydrogen-bond donors (Lipinski definition) is 1. The normalized spacial score (nSPS) is 12.6. The summed E-state index contributed by atoms with van der Waals surface area (Å²) in [5.74, 6) is 0.993. The molecule has 1 heterocycles. The summed E-state index contributed by atoms with van der Waals surface area (Å²) in [7, 11) is 0. The van der Waals surface area contributed by atoms with Crippen LogP contribution in [0.2, 0.25) is 0 Å². The van der Waals surface area contributed by atoms with Gasteiger partial charge in [0, 0.05) is 21.1 Å². The van der Waals surface area contributed by atoms with Gasteiger partial charge in [-0.3, -0.25) is 0 Å². The molecule has 108 valence electrons. The van der Waals surface area contributed by atoms with Crippen LogP contribution >= 0.6 is 15.9 Å². The molecule has 2 nitrogen and oxygen atoms in total. The van der Waals surface area contributed by atoms with Crippen LogP contribution in [0.15, 0.2) is 51.4 Å². The lowest BCUT2D eigenvalue weighted by molar-refractivity contribution is 0.522. The third-order valence-electron chi connectivity index (χ3n) is 3.83. The fourth-order valence-electron chi connectivity index (χ4n) is 2.60. The molecule has 0 aliphatic heterocycles. The Hall–Kier alpha value is -1.74. The van der Waals surface area contributed by atoms with Gasteiger partial charge in [0.25, 0.3) is 0 Å². The van der Waals surface area contributed by atoms with E-state index in [1.54, 1.807) is 0 Å². The van der Waals surface area contributed by atoms with E-state index in [1.165, 1.54) is 16.5 Å². The summed E-state index contributed by atoms with van der Waals surface area (Å²) in [5, 5.41) is 4.69. The molecule has 1 aromatic heterocycles. The maximum atomic E-state index is 6.01. The van der Waals surface area contributed by atoms with Crippen molar-refractivity contribution in [3.63, 3.8) is 0 Å². The molecule has 0 bridgehead atoms. The summed E-state index contributed by atoms with van der Waals surface area (Å²) in [6.07, 6.45) is 0. The fraction of sp³-hybridized carbons (Fsp3) is 0.222. The molecule has 3 heteroatoms. The van der Waals surface area contributed by atoms with Crippen molar-refractivity contribution in [2.45, 2.75) is 26.8 Å². The molecular weight excluding hydrogens is 326 g/mol. The summed E-state index contributed by atoms with van der Waals surface area (Å²) >= 11 is 3.57. The van der Waals surface area contributed by atoms with Crippen LogP contribution in [0.3, 0.4) is 0 Å². The molecular formula is C18H18BrNO. The Kier molecular flexibility index (Phi) is 3.77. The maximum Gasteiger partial charge on any atom is 0.134 e. The van der Waals surface area contributed by atoms with Crippen LogP contribution < -0.4 is 5.32 Å². The van der Waals surface area contributed by atoms with Crippen LogP contribution in [0.4, 0.5) is 5.69 Å². The smallest absolute Gasteiger partial charge is 0.134 e. The number of nitrogens with one attached hydrogen (secondary N) is 1. The Morgan fingerprint density at radius 1 is 1.10 bits per heavy atom. The number of furan rings is 1. The van der Waals surface area contributed by atoms with Crippen molar-refractivity contribution >= 4 is 32.6 Å². The van der Waals surface area contributed by atoms with Gasteiger partial charge in [-0.2, -0.15) is 0 Å². The van der Waals surface area contributed by atoms with Crippen molar-refractivity contribution in [2.75, 3.05) is 5.32 Å². The van der Waals surface area contributed by atoms with E-state index in [1.807, 2.05) is 18.2 Å². The highest BCUT2D eigenvalue weighted by Gasteiger charge is 2.16. The molecule has 0 radical (unpaired) electrons. The summed E-state index contributed by atoms with van der Waals surface area (Å²) in [6.45, 7) is 6.32. The molecule has 0 saturated carbocycles. The van der Waals surface area contributed by atoms with Gasteiger partial charge in [-0.05, 0) is 44.5 Å². The molecule has 0 spiro atoms. The Morgan fingerprint density at radius 2 is 1.86 bits per heavy atom. The van der Waals surface area contributed by atoms with E-state index >= 15 is 0 Å². The van der Waals surface area contributed by atoms with Gasteiger partial charge in [0.15, 0.2) is 0 Å². The highest BCUT2D eigenvalue weighted by molar-refractivity contribution is 9.10. The number of benzene rings is 2. The number of anilines is 1. The van der Waals surface area contributed by atoms with Gasteiger partial charge in [-0.15, -0.1) is 0 Å². The highest BCUT2D eigenvalue weighted by atomic mass is 79.9. The first kappa shape index (κ1) is 14.2. The topological polar surface area (TPSA) is 25.2 Å². The second kappa shape index (κ2) is 5.57. The Morgan fingerprint density at radius 3 is 2.57 bits per heavy atom. The van der Waals surface area contributed by atoms with Crippen molar-refractivity contribution in [1.82, 2.24) is 0 Å². The molecule has 0 fully saturated rings. The van der Waals surface area contributed by atoms with Crippen LogP contribution in [0.1, 0.15) is 29.9 Å². The number of hydrogen-bond acceptors (Lipinski definition) is 2. The zero-order chi connectivity index (χ0) is 15.0. The van der Waals surface area contributed by atoms with E-state index in [0.29, 0.717) is 0 Å². The predicted molar refractivity (Wildman–Crippen MR) is 91.9 cm³/mol. The molecule has 0 amide bonds. The summed E-state index contributed by atoms with van der Waals surface area (Å²) in [4.78, 5) is 0. The van der Waals surface area contributed by atoms with Crippen molar-refractivity contribution in [2.24, 2.45) is 0 Å². The lowest BCUT2D eigenvalue weighted by atomic mass is 10.1. The maximum absolute atomic E-state index is 6.01. The van der Waals surface area contributed by atoms with Crippen molar-refractivity contribution in [3.8, 4) is 0 Å². The van der Waals surface area contributed by atoms with E-state index in [4.69, 9.17) is 4.42 Å². The summed E-state index contributed by atoms with van der Waals surface area (Å²) < 4.78 is 7.12. The molecule has 0 aliphatic carbocycles. The van der Waals surface area contributed by atoms with E-state index in [2.05, 4.69) is 66.3 Å². The van der Waals surface area contributed by atoms with E-state index < -0.39 is 0 Å². The first-order chi connectivity index (χ1) is 10.1. The van der Waals surface area contributed by atoms with Crippen molar-refractivity contribution in [3.05, 3.63) is 63.8 Å². The standard InChI is InChI=1S/C18H18BrNO/c1-11-8-9-14(10-16(11)19)20-13(3)18-12(2)15-6-4-5-7-17(15)21-18/h4-10,13,20H,1-3H3.